The van der Waals surface area contributed by atoms with E-state index in [4.69, 9.17) is 0 Å². The van der Waals surface area contributed by atoms with Crippen molar-refractivity contribution in [3.05, 3.63) is 58.7 Å². The summed E-state index contributed by atoms with van der Waals surface area (Å²) in [5.41, 5.74) is 7.83. The molecule has 27 heavy (non-hydrogen) atoms. The average molecular weight is 455 g/mol. The van der Waals surface area contributed by atoms with E-state index < -0.39 is 0 Å². The van der Waals surface area contributed by atoms with Crippen LogP contribution in [0.2, 0.25) is 0 Å². The van der Waals surface area contributed by atoms with E-state index in [0.29, 0.717) is 0 Å². The van der Waals surface area contributed by atoms with Crippen molar-refractivity contribution < 1.29 is 41.6 Å². The number of benzene rings is 2. The van der Waals surface area contributed by atoms with Crippen molar-refractivity contribution in [2.45, 2.75) is 34.1 Å². The number of hydrogen-bond acceptors (Lipinski definition) is 3. The Kier molecular flexibility index (Phi) is 15.8. The number of halogens is 2. The molecule has 0 heterocycles. The minimum absolute atomic E-state index is 0. The zero-order chi connectivity index (χ0) is 17.4. The van der Waals surface area contributed by atoms with Gasteiger partial charge in [-0.3, -0.25) is 0 Å². The molecule has 0 amide bonds. The molecule has 0 saturated carbocycles. The molecule has 0 unspecified atom stereocenters. The van der Waals surface area contributed by atoms with Crippen LogP contribution in [0, 0.1) is 27.7 Å². The summed E-state index contributed by atoms with van der Waals surface area (Å²) in [5.74, 6) is 0. The first kappa shape index (κ1) is 28.3. The molecular formula is C21H31Cl2CoN3. The molecule has 3 N–H and O–H groups in total. The van der Waals surface area contributed by atoms with Gasteiger partial charge in [0, 0.05) is 31.0 Å². The van der Waals surface area contributed by atoms with E-state index in [-0.39, 0.29) is 41.6 Å². The molecule has 0 bridgehead atoms. The standard InChI is InChI=1S/C21H31N3.2ClH.Co/c1-16-8-5-9-17(2)20(16)23-13-7-12-22-14-15-24-21-18(3)10-6-11-19(21)4;;;/h5-6,8-11,22-24H,7,12-15H2,1-4H3;2*1H;/q;;;+2/p-2. The summed E-state index contributed by atoms with van der Waals surface area (Å²) >= 11 is 0. The second kappa shape index (κ2) is 15.1. The summed E-state index contributed by atoms with van der Waals surface area (Å²) in [6, 6.07) is 12.8. The number of aryl methyl sites for hydroxylation is 4. The van der Waals surface area contributed by atoms with E-state index in [2.05, 4.69) is 80.0 Å². The average Bonchev–Trinajstić information content (AvgIpc) is 2.54. The van der Waals surface area contributed by atoms with Crippen LogP contribution in [0.15, 0.2) is 36.4 Å². The maximum Gasteiger partial charge on any atom is 2.00 e. The molecule has 0 aliphatic carbocycles. The van der Waals surface area contributed by atoms with Gasteiger partial charge in [0.25, 0.3) is 0 Å². The molecule has 0 spiro atoms. The number of nitrogens with one attached hydrogen (secondary N) is 3. The number of para-hydroxylation sites is 2. The van der Waals surface area contributed by atoms with Gasteiger partial charge in [0.05, 0.1) is 0 Å². The maximum atomic E-state index is 3.56. The molecule has 0 aliphatic heterocycles. The molecule has 2 aromatic rings. The zero-order valence-corrected chi connectivity index (χ0v) is 19.1. The molecule has 153 valence electrons. The fourth-order valence-corrected chi connectivity index (χ4v) is 3.01. The van der Waals surface area contributed by atoms with Crippen LogP contribution in [0.25, 0.3) is 0 Å². The van der Waals surface area contributed by atoms with E-state index in [0.717, 1.165) is 32.6 Å². The normalized spacial score (nSPS) is 9.48. The molecule has 3 nitrogen and oxygen atoms in total. The third-order valence-corrected chi connectivity index (χ3v) is 4.40. The number of hydrogen-bond donors (Lipinski definition) is 3. The predicted molar refractivity (Wildman–Crippen MR) is 106 cm³/mol. The van der Waals surface area contributed by atoms with E-state index in [1.807, 2.05) is 0 Å². The van der Waals surface area contributed by atoms with Crippen LogP contribution in [0.3, 0.4) is 0 Å². The molecule has 1 radical (unpaired) electrons. The molecule has 0 aromatic heterocycles. The SMILES string of the molecule is Cc1cccc(C)c1NCCCNCCNc1c(C)cccc1C.[Cl-].[Cl-].[Co+2]. The van der Waals surface area contributed by atoms with Crippen LogP contribution in [-0.2, 0) is 16.8 Å². The van der Waals surface area contributed by atoms with Crippen molar-refractivity contribution in [2.75, 3.05) is 36.8 Å². The minimum Gasteiger partial charge on any atom is -1.00 e. The molecule has 0 saturated heterocycles. The van der Waals surface area contributed by atoms with E-state index in [1.165, 1.54) is 33.6 Å². The fraction of sp³-hybridized carbons (Fsp3) is 0.429. The van der Waals surface area contributed by atoms with Crippen LogP contribution in [0.1, 0.15) is 28.7 Å². The van der Waals surface area contributed by atoms with Gasteiger partial charge < -0.3 is 40.8 Å². The van der Waals surface area contributed by atoms with Gasteiger partial charge in [0.2, 0.25) is 0 Å². The Bertz CT molecular complexity index is 568. The zero-order valence-electron chi connectivity index (χ0n) is 16.6. The summed E-state index contributed by atoms with van der Waals surface area (Å²) in [5, 5.41) is 10.6. The van der Waals surface area contributed by atoms with Crippen LogP contribution < -0.4 is 40.8 Å². The van der Waals surface area contributed by atoms with Crippen molar-refractivity contribution in [2.24, 2.45) is 0 Å². The van der Waals surface area contributed by atoms with Crippen molar-refractivity contribution >= 4 is 11.4 Å². The Labute approximate surface area is 187 Å². The van der Waals surface area contributed by atoms with Gasteiger partial charge in [0.1, 0.15) is 0 Å². The summed E-state index contributed by atoms with van der Waals surface area (Å²) in [6.07, 6.45) is 1.12. The van der Waals surface area contributed by atoms with Crippen LogP contribution in [-0.4, -0.2) is 26.2 Å². The number of rotatable bonds is 9. The van der Waals surface area contributed by atoms with Gasteiger partial charge in [-0.05, 0) is 62.9 Å². The first-order valence-corrected chi connectivity index (χ1v) is 8.90. The Balaban J connectivity index is 0. The molecule has 0 atom stereocenters. The largest absolute Gasteiger partial charge is 2.00 e. The quantitative estimate of drug-likeness (QED) is 0.400. The van der Waals surface area contributed by atoms with E-state index >= 15 is 0 Å². The second-order valence-corrected chi connectivity index (χ2v) is 6.49. The molecule has 2 rings (SSSR count). The molecule has 0 aliphatic rings. The summed E-state index contributed by atoms with van der Waals surface area (Å²) in [4.78, 5) is 0. The van der Waals surface area contributed by atoms with Crippen molar-refractivity contribution in [3.8, 4) is 0 Å². The Morgan fingerprint density at radius 2 is 1.00 bits per heavy atom. The number of anilines is 2. The third kappa shape index (κ3) is 9.22. The van der Waals surface area contributed by atoms with Gasteiger partial charge in [-0.15, -0.1) is 0 Å². The van der Waals surface area contributed by atoms with Crippen molar-refractivity contribution in [1.82, 2.24) is 5.32 Å². The van der Waals surface area contributed by atoms with Gasteiger partial charge in [-0.1, -0.05) is 36.4 Å². The first-order valence-electron chi connectivity index (χ1n) is 8.90. The van der Waals surface area contributed by atoms with Crippen molar-refractivity contribution in [1.29, 1.82) is 0 Å². The fourth-order valence-electron chi connectivity index (χ4n) is 3.01. The summed E-state index contributed by atoms with van der Waals surface area (Å²) in [7, 11) is 0. The third-order valence-electron chi connectivity index (χ3n) is 4.40. The van der Waals surface area contributed by atoms with Crippen LogP contribution in [0.5, 0.6) is 0 Å². The molecular weight excluding hydrogens is 424 g/mol. The van der Waals surface area contributed by atoms with Crippen LogP contribution in [0.4, 0.5) is 11.4 Å². The van der Waals surface area contributed by atoms with Gasteiger partial charge in [0.15, 0.2) is 0 Å². The second-order valence-electron chi connectivity index (χ2n) is 6.49. The molecule has 0 fully saturated rings. The molecule has 6 heteroatoms. The van der Waals surface area contributed by atoms with Crippen LogP contribution >= 0.6 is 0 Å². The monoisotopic (exact) mass is 454 g/mol. The summed E-state index contributed by atoms with van der Waals surface area (Å²) in [6.45, 7) is 12.6. The van der Waals surface area contributed by atoms with Gasteiger partial charge in [-0.2, -0.15) is 0 Å². The van der Waals surface area contributed by atoms with Crippen molar-refractivity contribution in [3.63, 3.8) is 0 Å². The smallest absolute Gasteiger partial charge is 1.00 e. The maximum absolute atomic E-state index is 3.56. The topological polar surface area (TPSA) is 36.1 Å². The minimum atomic E-state index is 0. The van der Waals surface area contributed by atoms with E-state index in [1.54, 1.807) is 0 Å². The first-order chi connectivity index (χ1) is 11.6. The Hall–Kier alpha value is -0.914. The Morgan fingerprint density at radius 3 is 1.44 bits per heavy atom. The predicted octanol–water partition coefficient (Wildman–Crippen LogP) is -1.57. The van der Waals surface area contributed by atoms with Gasteiger partial charge >= 0.3 is 16.8 Å². The van der Waals surface area contributed by atoms with E-state index in [9.17, 15) is 0 Å². The van der Waals surface area contributed by atoms with Gasteiger partial charge in [-0.25, -0.2) is 0 Å². The summed E-state index contributed by atoms with van der Waals surface area (Å²) < 4.78 is 0. The molecule has 2 aromatic carbocycles. The Morgan fingerprint density at radius 1 is 0.593 bits per heavy atom.